The Morgan fingerprint density at radius 2 is 0.966 bits per heavy atom. The summed E-state index contributed by atoms with van der Waals surface area (Å²) in [5.74, 6) is -2.52. The molecule has 0 spiro atoms. The van der Waals surface area contributed by atoms with Crippen molar-refractivity contribution >= 4 is 35.8 Å². The van der Waals surface area contributed by atoms with E-state index in [-0.39, 0.29) is 43.2 Å². The van der Waals surface area contributed by atoms with Crippen molar-refractivity contribution in [1.29, 1.82) is 0 Å². The summed E-state index contributed by atoms with van der Waals surface area (Å²) in [5.41, 5.74) is 0.464. The van der Waals surface area contributed by atoms with Crippen LogP contribution in [0.3, 0.4) is 0 Å². The van der Waals surface area contributed by atoms with Gasteiger partial charge in [-0.3, -0.25) is 24.0 Å². The lowest BCUT2D eigenvalue weighted by molar-refractivity contribution is -0.164. The monoisotopic (exact) mass is 823 g/mol. The number of carbonyl (C=O) groups excluding carboxylic acids is 6. The second-order valence-electron chi connectivity index (χ2n) is 16.2. The molecule has 0 saturated carbocycles. The van der Waals surface area contributed by atoms with Crippen LogP contribution in [0.5, 0.6) is 0 Å². The highest BCUT2D eigenvalue weighted by molar-refractivity contribution is 5.91. The Bertz CT molecular complexity index is 1290. The Hall–Kier alpha value is -3.48. The fraction of sp³-hybridized carbons (Fsp3) is 0.822. The van der Waals surface area contributed by atoms with Crippen LogP contribution in [0.15, 0.2) is 11.6 Å². The highest BCUT2D eigenvalue weighted by atomic mass is 16.6. The number of hydrogen-bond donors (Lipinski definition) is 0. The molecule has 58 heavy (non-hydrogen) atoms. The maximum atomic E-state index is 12.2. The van der Waals surface area contributed by atoms with Crippen LogP contribution >= 0.6 is 0 Å². The zero-order valence-corrected chi connectivity index (χ0v) is 36.6. The molecule has 0 aromatic carbocycles. The number of carbonyl (C=O) groups is 6. The lowest BCUT2D eigenvalue weighted by Crippen LogP contribution is -2.35. The summed E-state index contributed by atoms with van der Waals surface area (Å²) >= 11 is 0. The van der Waals surface area contributed by atoms with Crippen molar-refractivity contribution in [3.63, 3.8) is 0 Å². The van der Waals surface area contributed by atoms with Crippen molar-refractivity contribution in [3.05, 3.63) is 11.6 Å². The SMILES string of the molecule is CCCCCCCCCCCC[C@@H](OC(C)=O)[C@H]1CC[C@H]([C@@H](CCCCC(CC(CCCC(CC2=CC(C)OC2=O)OC(C)=O)OC(C)=O)OC(C)=O)OC(C)=O)O1. The molecule has 13 nitrogen and oxygen atoms in total. The molecule has 2 heterocycles. The van der Waals surface area contributed by atoms with Crippen LogP contribution in [-0.4, -0.2) is 84.6 Å². The molecule has 332 valence electrons. The third-order valence-electron chi connectivity index (χ3n) is 10.7. The minimum Gasteiger partial charge on any atom is -0.462 e. The van der Waals surface area contributed by atoms with Crippen molar-refractivity contribution in [2.45, 2.75) is 239 Å². The fourth-order valence-electron chi connectivity index (χ4n) is 8.10. The molecule has 0 bridgehead atoms. The summed E-state index contributed by atoms with van der Waals surface area (Å²) in [7, 11) is 0. The first kappa shape index (κ1) is 50.7. The second kappa shape index (κ2) is 28.9. The fourth-order valence-corrected chi connectivity index (χ4v) is 8.10. The summed E-state index contributed by atoms with van der Waals surface area (Å²) in [4.78, 5) is 72.3. The first-order chi connectivity index (χ1) is 27.7. The molecule has 2 rings (SSSR count). The van der Waals surface area contributed by atoms with Crippen molar-refractivity contribution in [2.24, 2.45) is 0 Å². The number of esters is 6. The molecule has 0 N–H and O–H groups in total. The largest absolute Gasteiger partial charge is 0.462 e. The van der Waals surface area contributed by atoms with Gasteiger partial charge in [-0.2, -0.15) is 0 Å². The first-order valence-corrected chi connectivity index (χ1v) is 22.1. The normalized spacial score (nSPS) is 20.2. The summed E-state index contributed by atoms with van der Waals surface area (Å²) in [5, 5.41) is 0. The van der Waals surface area contributed by atoms with Gasteiger partial charge in [0.25, 0.3) is 0 Å². The predicted molar refractivity (Wildman–Crippen MR) is 217 cm³/mol. The molecule has 0 aromatic rings. The third kappa shape index (κ3) is 22.6. The number of ether oxygens (including phenoxy) is 7. The summed E-state index contributed by atoms with van der Waals surface area (Å²) in [6, 6.07) is 0. The Kier molecular flexibility index (Phi) is 25.2. The Balaban J connectivity index is 1.91. The first-order valence-electron chi connectivity index (χ1n) is 22.1. The minimum atomic E-state index is -0.557. The minimum absolute atomic E-state index is 0.226. The molecule has 0 aromatic heterocycles. The van der Waals surface area contributed by atoms with Gasteiger partial charge in [0.15, 0.2) is 0 Å². The average molecular weight is 823 g/mol. The Labute approximate surface area is 347 Å². The zero-order chi connectivity index (χ0) is 42.9. The van der Waals surface area contributed by atoms with Gasteiger partial charge in [-0.25, -0.2) is 4.79 Å². The van der Waals surface area contributed by atoms with Crippen LogP contribution in [0.1, 0.15) is 190 Å². The van der Waals surface area contributed by atoms with Crippen molar-refractivity contribution < 1.29 is 61.9 Å². The van der Waals surface area contributed by atoms with Gasteiger partial charge < -0.3 is 33.2 Å². The highest BCUT2D eigenvalue weighted by Crippen LogP contribution is 2.32. The number of rotatable bonds is 31. The molecule has 2 aliphatic rings. The molecule has 0 aliphatic carbocycles. The average Bonchev–Trinajstić information content (AvgIpc) is 3.74. The molecule has 4 unspecified atom stereocenters. The zero-order valence-electron chi connectivity index (χ0n) is 36.6. The van der Waals surface area contributed by atoms with E-state index < -0.39 is 54.3 Å². The van der Waals surface area contributed by atoms with Crippen LogP contribution < -0.4 is 0 Å². The Morgan fingerprint density at radius 1 is 0.569 bits per heavy atom. The molecular weight excluding hydrogens is 748 g/mol. The molecule has 2 aliphatic heterocycles. The molecule has 0 amide bonds. The molecule has 8 atom stereocenters. The van der Waals surface area contributed by atoms with Gasteiger partial charge in [0.05, 0.1) is 12.2 Å². The van der Waals surface area contributed by atoms with E-state index in [0.29, 0.717) is 63.4 Å². The lowest BCUT2D eigenvalue weighted by atomic mass is 9.97. The van der Waals surface area contributed by atoms with Gasteiger partial charge >= 0.3 is 35.8 Å². The number of unbranched alkanes of at least 4 members (excludes halogenated alkanes) is 10. The van der Waals surface area contributed by atoms with Crippen LogP contribution in [0.4, 0.5) is 0 Å². The van der Waals surface area contributed by atoms with Gasteiger partial charge in [-0.1, -0.05) is 64.7 Å². The van der Waals surface area contributed by atoms with Gasteiger partial charge in [-0.05, 0) is 83.6 Å². The van der Waals surface area contributed by atoms with E-state index in [0.717, 1.165) is 19.3 Å². The van der Waals surface area contributed by atoms with E-state index >= 15 is 0 Å². The van der Waals surface area contributed by atoms with Gasteiger partial charge in [0.2, 0.25) is 0 Å². The highest BCUT2D eigenvalue weighted by Gasteiger charge is 2.38. The summed E-state index contributed by atoms with van der Waals surface area (Å²) in [6.45, 7) is 10.8. The Morgan fingerprint density at radius 3 is 1.41 bits per heavy atom. The molecule has 1 fully saturated rings. The van der Waals surface area contributed by atoms with Gasteiger partial charge in [0, 0.05) is 53.0 Å². The maximum absolute atomic E-state index is 12.2. The van der Waals surface area contributed by atoms with Crippen LogP contribution in [0, 0.1) is 0 Å². The van der Waals surface area contributed by atoms with Crippen LogP contribution in [-0.2, 0) is 61.9 Å². The van der Waals surface area contributed by atoms with Crippen LogP contribution in [0.25, 0.3) is 0 Å². The summed E-state index contributed by atoms with van der Waals surface area (Å²) < 4.78 is 39.9. The number of cyclic esters (lactones) is 1. The van der Waals surface area contributed by atoms with E-state index in [1.807, 2.05) is 0 Å². The maximum Gasteiger partial charge on any atom is 0.334 e. The van der Waals surface area contributed by atoms with Crippen molar-refractivity contribution in [3.8, 4) is 0 Å². The van der Waals surface area contributed by atoms with Crippen LogP contribution in [0.2, 0.25) is 0 Å². The third-order valence-corrected chi connectivity index (χ3v) is 10.7. The lowest BCUT2D eigenvalue weighted by Gasteiger charge is -2.27. The molecule has 1 saturated heterocycles. The van der Waals surface area contributed by atoms with Gasteiger partial charge in [0.1, 0.15) is 36.6 Å². The van der Waals surface area contributed by atoms with Crippen molar-refractivity contribution in [1.82, 2.24) is 0 Å². The second-order valence-corrected chi connectivity index (χ2v) is 16.2. The molecular formula is C45H74O13. The number of hydrogen-bond acceptors (Lipinski definition) is 13. The quantitative estimate of drug-likeness (QED) is 0.0370. The van der Waals surface area contributed by atoms with Crippen molar-refractivity contribution in [2.75, 3.05) is 0 Å². The summed E-state index contributed by atoms with van der Waals surface area (Å²) in [6.07, 6.45) is 16.9. The molecule has 13 heteroatoms. The predicted octanol–water partition coefficient (Wildman–Crippen LogP) is 8.89. The topological polar surface area (TPSA) is 167 Å². The van der Waals surface area contributed by atoms with E-state index in [4.69, 9.17) is 33.2 Å². The standard InChI is InChI=1S/C45H74O13/c1-8-9-10-11-12-13-14-15-16-17-24-41(56-35(6)49)43-26-27-44(58-43)42(57-36(7)50)25-19-18-21-39(54-33(4)47)30-40(55-34(5)48)23-20-22-38(53-32(3)46)29-37-28-31(2)52-45(37)51/h28,31,38-44H,8-27,29-30H2,1-7H3/t31?,38?,39?,40?,41-,42-,43-,44-/m1/s1. The smallest absolute Gasteiger partial charge is 0.334 e. The van der Waals surface area contributed by atoms with E-state index in [1.54, 1.807) is 13.0 Å². The van der Waals surface area contributed by atoms with E-state index in [1.165, 1.54) is 86.0 Å². The van der Waals surface area contributed by atoms with Gasteiger partial charge in [-0.15, -0.1) is 0 Å². The molecule has 0 radical (unpaired) electrons. The van der Waals surface area contributed by atoms with E-state index in [2.05, 4.69) is 6.92 Å². The van der Waals surface area contributed by atoms with E-state index in [9.17, 15) is 28.8 Å².